The molecule has 1 amide bonds. The van der Waals surface area contributed by atoms with Crippen molar-refractivity contribution in [2.24, 2.45) is 16.9 Å². The third-order valence-electron chi connectivity index (χ3n) is 5.33. The summed E-state index contributed by atoms with van der Waals surface area (Å²) in [5.74, 6) is -1.16. The molecule has 2 aliphatic heterocycles. The molecule has 3 heterocycles. The maximum absolute atomic E-state index is 13.6. The fourth-order valence-corrected chi connectivity index (χ4v) is 3.94. The summed E-state index contributed by atoms with van der Waals surface area (Å²) in [5.41, 5.74) is 0.412. The van der Waals surface area contributed by atoms with Gasteiger partial charge in [-0.25, -0.2) is 13.8 Å². The number of carbonyl (C=O) groups is 1. The van der Waals surface area contributed by atoms with Crippen LogP contribution in [-0.4, -0.2) is 40.4 Å². The molecule has 0 N–H and O–H groups in total. The number of piperidine rings is 1. The molecule has 4 rings (SSSR count). The van der Waals surface area contributed by atoms with Crippen LogP contribution in [-0.2, 0) is 4.79 Å². The number of amides is 1. The minimum atomic E-state index is -0.661. The predicted molar refractivity (Wildman–Crippen MR) is 97.6 cm³/mol. The highest BCUT2D eigenvalue weighted by Crippen LogP contribution is 2.34. The number of nitrogens with zero attached hydrogens (tertiary/aromatic N) is 5. The van der Waals surface area contributed by atoms with Crippen molar-refractivity contribution in [2.75, 3.05) is 18.0 Å². The average Bonchev–Trinajstić information content (AvgIpc) is 3.29. The lowest BCUT2D eigenvalue weighted by Gasteiger charge is -2.37. The molecule has 148 valence electrons. The lowest BCUT2D eigenvalue weighted by Crippen LogP contribution is -2.46. The Hall–Kier alpha value is -2.84. The van der Waals surface area contributed by atoms with Crippen LogP contribution in [0.4, 0.5) is 14.8 Å². The first-order valence-electron chi connectivity index (χ1n) is 9.29. The number of aryl methyl sites for hydroxylation is 1. The molecule has 9 heteroatoms. The zero-order valence-electron chi connectivity index (χ0n) is 15.7. The number of carbonyl (C=O) groups excluding carboxylic acids is 1. The van der Waals surface area contributed by atoms with E-state index in [1.165, 1.54) is 17.1 Å². The summed E-state index contributed by atoms with van der Waals surface area (Å²) >= 11 is 0. The molecule has 0 spiro atoms. The van der Waals surface area contributed by atoms with Crippen molar-refractivity contribution in [2.45, 2.75) is 32.7 Å². The molecule has 2 aromatic rings. The van der Waals surface area contributed by atoms with Gasteiger partial charge in [0.2, 0.25) is 11.8 Å². The summed E-state index contributed by atoms with van der Waals surface area (Å²) in [6, 6.07) is 3.31. The summed E-state index contributed by atoms with van der Waals surface area (Å²) < 4.78 is 32.7. The van der Waals surface area contributed by atoms with Crippen LogP contribution in [0.2, 0.25) is 0 Å². The highest BCUT2D eigenvalue weighted by molar-refractivity contribution is 5.82. The second kappa shape index (κ2) is 7.29. The van der Waals surface area contributed by atoms with Crippen LogP contribution in [0.5, 0.6) is 0 Å². The van der Waals surface area contributed by atoms with Crippen molar-refractivity contribution in [3.8, 4) is 0 Å². The van der Waals surface area contributed by atoms with E-state index in [-0.39, 0.29) is 17.7 Å². The summed E-state index contributed by atoms with van der Waals surface area (Å²) in [6.07, 6.45) is 2.66. The van der Waals surface area contributed by atoms with E-state index in [0.29, 0.717) is 43.4 Å². The minimum absolute atomic E-state index is 0.0363. The van der Waals surface area contributed by atoms with Crippen LogP contribution in [0.25, 0.3) is 0 Å². The molecule has 2 aliphatic rings. The van der Waals surface area contributed by atoms with Crippen LogP contribution >= 0.6 is 0 Å². The molecule has 7 nitrogen and oxygen atoms in total. The van der Waals surface area contributed by atoms with Crippen molar-refractivity contribution in [1.82, 2.24) is 15.2 Å². The Labute approximate surface area is 161 Å². The third-order valence-corrected chi connectivity index (χ3v) is 5.33. The van der Waals surface area contributed by atoms with Gasteiger partial charge in [-0.15, -0.1) is 5.10 Å². The number of rotatable bonds is 3. The van der Waals surface area contributed by atoms with Gasteiger partial charge in [0.25, 0.3) is 0 Å². The second-order valence-electron chi connectivity index (χ2n) is 7.36. The van der Waals surface area contributed by atoms with E-state index in [4.69, 9.17) is 4.42 Å². The van der Waals surface area contributed by atoms with Crippen molar-refractivity contribution in [3.05, 3.63) is 41.3 Å². The quantitative estimate of drug-likeness (QED) is 0.807. The SMILES string of the molecule is Cc1nnc(N2CC[C@H](C(=O)N3N=CC[C@@H]3c3cc(F)cc(F)c3)[C@@H](C)C2)o1. The molecule has 0 radical (unpaired) electrons. The van der Waals surface area contributed by atoms with Crippen LogP contribution < -0.4 is 4.90 Å². The van der Waals surface area contributed by atoms with E-state index in [0.717, 1.165) is 6.07 Å². The van der Waals surface area contributed by atoms with Crippen LogP contribution in [0.15, 0.2) is 27.7 Å². The lowest BCUT2D eigenvalue weighted by molar-refractivity contribution is -0.139. The third kappa shape index (κ3) is 3.48. The Bertz CT molecular complexity index is 895. The van der Waals surface area contributed by atoms with Gasteiger partial charge in [0.05, 0.1) is 6.04 Å². The van der Waals surface area contributed by atoms with Crippen LogP contribution in [0.1, 0.15) is 37.3 Å². The molecular formula is C19H21F2N5O2. The standard InChI is InChI=1S/C19H21F2N5O2/c1-11-10-25(19-24-23-12(2)28-19)6-4-16(11)18(27)26-17(3-5-22-26)13-7-14(20)9-15(21)8-13/h5,7-9,11,16-17H,3-4,6,10H2,1-2H3/t11-,16-,17+/m0/s1. The Balaban J connectivity index is 1.48. The number of hydrogen-bond donors (Lipinski definition) is 0. The van der Waals surface area contributed by atoms with E-state index in [1.54, 1.807) is 13.1 Å². The molecule has 0 bridgehead atoms. The van der Waals surface area contributed by atoms with Crippen molar-refractivity contribution >= 4 is 18.1 Å². The monoisotopic (exact) mass is 389 g/mol. The van der Waals surface area contributed by atoms with Crippen LogP contribution in [0.3, 0.4) is 0 Å². The van der Waals surface area contributed by atoms with Crippen molar-refractivity contribution < 1.29 is 18.0 Å². The molecule has 28 heavy (non-hydrogen) atoms. The van der Waals surface area contributed by atoms with Crippen LogP contribution in [0, 0.1) is 30.4 Å². The first-order valence-corrected chi connectivity index (χ1v) is 9.29. The Kier molecular flexibility index (Phi) is 4.82. The number of aromatic nitrogens is 2. The van der Waals surface area contributed by atoms with Gasteiger partial charge in [-0.05, 0) is 30.0 Å². The maximum Gasteiger partial charge on any atom is 0.318 e. The summed E-state index contributed by atoms with van der Waals surface area (Å²) in [6.45, 7) is 4.94. The maximum atomic E-state index is 13.6. The molecule has 3 atom stereocenters. The molecule has 0 saturated carbocycles. The topological polar surface area (TPSA) is 74.8 Å². The van der Waals surface area contributed by atoms with Gasteiger partial charge < -0.3 is 9.32 Å². The van der Waals surface area contributed by atoms with Crippen molar-refractivity contribution in [1.29, 1.82) is 0 Å². The highest BCUT2D eigenvalue weighted by atomic mass is 19.1. The molecule has 0 unspecified atom stereocenters. The zero-order valence-corrected chi connectivity index (χ0v) is 15.7. The Morgan fingerprint density at radius 3 is 2.61 bits per heavy atom. The lowest BCUT2D eigenvalue weighted by atomic mass is 9.85. The largest absolute Gasteiger partial charge is 0.408 e. The number of hydrogen-bond acceptors (Lipinski definition) is 6. The van der Waals surface area contributed by atoms with E-state index < -0.39 is 17.7 Å². The van der Waals surface area contributed by atoms with Gasteiger partial charge in [-0.1, -0.05) is 12.0 Å². The molecule has 1 aromatic carbocycles. The fourth-order valence-electron chi connectivity index (χ4n) is 3.94. The zero-order chi connectivity index (χ0) is 19.8. The Morgan fingerprint density at radius 2 is 1.96 bits per heavy atom. The summed E-state index contributed by atoms with van der Waals surface area (Å²) in [5, 5.41) is 13.5. The van der Waals surface area contributed by atoms with E-state index in [9.17, 15) is 13.6 Å². The smallest absolute Gasteiger partial charge is 0.318 e. The van der Waals surface area contributed by atoms with E-state index >= 15 is 0 Å². The van der Waals surface area contributed by atoms with Gasteiger partial charge in [-0.3, -0.25) is 4.79 Å². The molecule has 1 aromatic heterocycles. The minimum Gasteiger partial charge on any atom is -0.408 e. The van der Waals surface area contributed by atoms with E-state index in [2.05, 4.69) is 15.3 Å². The molecule has 0 aliphatic carbocycles. The first kappa shape index (κ1) is 18.5. The fraction of sp³-hybridized carbons (Fsp3) is 0.474. The number of anilines is 1. The highest BCUT2D eigenvalue weighted by Gasteiger charge is 2.39. The Morgan fingerprint density at radius 1 is 1.21 bits per heavy atom. The van der Waals surface area contributed by atoms with E-state index in [1.807, 2.05) is 11.8 Å². The average molecular weight is 389 g/mol. The number of hydrazone groups is 1. The first-order chi connectivity index (χ1) is 13.4. The summed E-state index contributed by atoms with van der Waals surface area (Å²) in [7, 11) is 0. The summed E-state index contributed by atoms with van der Waals surface area (Å²) in [4.78, 5) is 15.1. The van der Waals surface area contributed by atoms with Gasteiger partial charge in [-0.2, -0.15) is 5.10 Å². The second-order valence-corrected chi connectivity index (χ2v) is 7.36. The normalized spacial score (nSPS) is 24.8. The number of benzene rings is 1. The molecular weight excluding hydrogens is 368 g/mol. The molecule has 1 fully saturated rings. The predicted octanol–water partition coefficient (Wildman–Crippen LogP) is 3.08. The van der Waals surface area contributed by atoms with Gasteiger partial charge >= 0.3 is 6.01 Å². The van der Waals surface area contributed by atoms with Gasteiger partial charge in [0.15, 0.2) is 0 Å². The number of halogens is 2. The molecule has 1 saturated heterocycles. The van der Waals surface area contributed by atoms with Gasteiger partial charge in [0.1, 0.15) is 11.6 Å². The van der Waals surface area contributed by atoms with Crippen molar-refractivity contribution in [3.63, 3.8) is 0 Å². The van der Waals surface area contributed by atoms with Gasteiger partial charge in [0, 0.05) is 44.6 Å².